The Labute approximate surface area is 103 Å². The second kappa shape index (κ2) is 6.94. The largest absolute Gasteiger partial charge is 1.00 e. The van der Waals surface area contributed by atoms with E-state index in [1.54, 1.807) is 0 Å². The first-order valence-corrected chi connectivity index (χ1v) is 5.51. The van der Waals surface area contributed by atoms with Crippen molar-refractivity contribution in [1.82, 2.24) is 0 Å². The number of unbranched alkanes of at least 4 members (excludes halogenated alkanes) is 2. The van der Waals surface area contributed by atoms with Crippen LogP contribution in [0.4, 0.5) is 0 Å². The molecule has 0 aliphatic carbocycles. The minimum atomic E-state index is 0. The monoisotopic (exact) mass is 191 g/mol. The Morgan fingerprint density at radius 1 is 0.929 bits per heavy atom. The van der Waals surface area contributed by atoms with E-state index in [1.165, 1.54) is 25.7 Å². The van der Waals surface area contributed by atoms with Crippen LogP contribution < -0.4 is 18.9 Å². The standard InChI is InChI=1S/C12H26N.Li/c1-7-8-9-10-12(5,6)13-11(2,3)4;/h7-10H2,1-6H3;/q-1;+1. The van der Waals surface area contributed by atoms with E-state index in [0.29, 0.717) is 0 Å². The number of rotatable bonds is 5. The van der Waals surface area contributed by atoms with Gasteiger partial charge in [0.2, 0.25) is 0 Å². The predicted octanol–water partition coefficient (Wildman–Crippen LogP) is 1.52. The molecule has 14 heavy (non-hydrogen) atoms. The van der Waals surface area contributed by atoms with Crippen molar-refractivity contribution < 1.29 is 18.9 Å². The van der Waals surface area contributed by atoms with E-state index in [-0.39, 0.29) is 29.9 Å². The Bertz CT molecular complexity index is 136. The SMILES string of the molecule is CCCCCC(C)(C)[N-]C(C)(C)C.[Li+]. The van der Waals surface area contributed by atoms with Gasteiger partial charge in [-0.15, -0.1) is 11.1 Å². The van der Waals surface area contributed by atoms with Crippen LogP contribution in [0.2, 0.25) is 0 Å². The fourth-order valence-electron chi connectivity index (χ4n) is 1.77. The summed E-state index contributed by atoms with van der Waals surface area (Å²) in [5.74, 6) is 0. The van der Waals surface area contributed by atoms with Crippen molar-refractivity contribution in [2.24, 2.45) is 0 Å². The molecule has 0 aliphatic heterocycles. The summed E-state index contributed by atoms with van der Waals surface area (Å²) in [5, 5.41) is 4.81. The molecular formula is C12H26LiN. The Morgan fingerprint density at radius 3 is 1.79 bits per heavy atom. The first-order valence-electron chi connectivity index (χ1n) is 5.51. The normalized spacial score (nSPS) is 12.4. The Hall–Kier alpha value is 0.557. The summed E-state index contributed by atoms with van der Waals surface area (Å²) in [5.41, 5.74) is 0.267. The van der Waals surface area contributed by atoms with Gasteiger partial charge in [-0.2, -0.15) is 0 Å². The summed E-state index contributed by atoms with van der Waals surface area (Å²) in [4.78, 5) is 0. The molecule has 0 heterocycles. The van der Waals surface area contributed by atoms with Crippen molar-refractivity contribution in [3.8, 4) is 0 Å². The topological polar surface area (TPSA) is 14.1 Å². The molecule has 0 amide bonds. The maximum Gasteiger partial charge on any atom is 1.00 e. The third kappa shape index (κ3) is 10.6. The van der Waals surface area contributed by atoms with Gasteiger partial charge in [-0.05, 0) is 0 Å². The van der Waals surface area contributed by atoms with Gasteiger partial charge in [0.25, 0.3) is 0 Å². The first-order chi connectivity index (χ1) is 5.77. The summed E-state index contributed by atoms with van der Waals surface area (Å²) < 4.78 is 0. The Balaban J connectivity index is 0. The van der Waals surface area contributed by atoms with E-state index in [4.69, 9.17) is 5.32 Å². The van der Waals surface area contributed by atoms with Gasteiger partial charge in [0, 0.05) is 0 Å². The van der Waals surface area contributed by atoms with Crippen LogP contribution in [0.1, 0.15) is 67.2 Å². The van der Waals surface area contributed by atoms with Gasteiger partial charge >= 0.3 is 18.9 Å². The van der Waals surface area contributed by atoms with Gasteiger partial charge in [0.1, 0.15) is 0 Å². The number of nitrogens with zero attached hydrogens (tertiary/aromatic N) is 1. The van der Waals surface area contributed by atoms with Crippen LogP contribution in [0.25, 0.3) is 5.32 Å². The van der Waals surface area contributed by atoms with E-state index in [0.717, 1.165) is 0 Å². The second-order valence-electron chi connectivity index (χ2n) is 5.55. The van der Waals surface area contributed by atoms with Crippen LogP contribution in [-0.4, -0.2) is 11.1 Å². The number of hydrogen-bond donors (Lipinski definition) is 0. The van der Waals surface area contributed by atoms with Crippen molar-refractivity contribution in [3.63, 3.8) is 0 Å². The molecule has 0 rings (SSSR count). The minimum Gasteiger partial charge on any atom is -0.652 e. The molecule has 0 spiro atoms. The fourth-order valence-corrected chi connectivity index (χ4v) is 1.77. The Kier molecular flexibility index (Phi) is 8.41. The zero-order valence-electron chi connectivity index (χ0n) is 11.3. The van der Waals surface area contributed by atoms with Crippen LogP contribution in [0.15, 0.2) is 0 Å². The second-order valence-corrected chi connectivity index (χ2v) is 5.55. The van der Waals surface area contributed by atoms with Crippen molar-refractivity contribution in [2.75, 3.05) is 0 Å². The van der Waals surface area contributed by atoms with E-state index in [2.05, 4.69) is 41.5 Å². The summed E-state index contributed by atoms with van der Waals surface area (Å²) in [6, 6.07) is 0. The zero-order valence-corrected chi connectivity index (χ0v) is 11.3. The molecule has 0 atom stereocenters. The van der Waals surface area contributed by atoms with Crippen LogP contribution in [0.3, 0.4) is 0 Å². The summed E-state index contributed by atoms with van der Waals surface area (Å²) in [6.07, 6.45) is 5.16. The molecule has 80 valence electrons. The van der Waals surface area contributed by atoms with Gasteiger partial charge in [0.05, 0.1) is 0 Å². The van der Waals surface area contributed by atoms with Gasteiger partial charge in [-0.25, -0.2) is 0 Å². The van der Waals surface area contributed by atoms with Gasteiger partial charge < -0.3 is 5.32 Å². The quantitative estimate of drug-likeness (QED) is 0.462. The summed E-state index contributed by atoms with van der Waals surface area (Å²) in [7, 11) is 0. The molecule has 0 unspecified atom stereocenters. The van der Waals surface area contributed by atoms with Gasteiger partial charge in [-0.1, -0.05) is 67.2 Å². The molecule has 0 bridgehead atoms. The third-order valence-corrected chi connectivity index (χ3v) is 2.03. The average molecular weight is 191 g/mol. The van der Waals surface area contributed by atoms with E-state index in [9.17, 15) is 0 Å². The maximum atomic E-state index is 4.81. The van der Waals surface area contributed by atoms with Crippen molar-refractivity contribution in [3.05, 3.63) is 5.32 Å². The smallest absolute Gasteiger partial charge is 0.652 e. The average Bonchev–Trinajstić information content (AvgIpc) is 1.81. The van der Waals surface area contributed by atoms with Gasteiger partial charge in [-0.3, -0.25) is 0 Å². The van der Waals surface area contributed by atoms with Gasteiger partial charge in [0.15, 0.2) is 0 Å². The molecule has 0 saturated heterocycles. The molecule has 0 aliphatic rings. The van der Waals surface area contributed by atoms with Crippen LogP contribution in [-0.2, 0) is 0 Å². The summed E-state index contributed by atoms with van der Waals surface area (Å²) in [6.45, 7) is 13.3. The Morgan fingerprint density at radius 2 is 1.43 bits per heavy atom. The molecule has 0 aromatic carbocycles. The first kappa shape index (κ1) is 17.0. The van der Waals surface area contributed by atoms with Crippen LogP contribution in [0, 0.1) is 0 Å². The molecule has 0 radical (unpaired) electrons. The van der Waals surface area contributed by atoms with Crippen molar-refractivity contribution in [2.45, 2.75) is 78.3 Å². The minimum absolute atomic E-state index is 0. The van der Waals surface area contributed by atoms with Crippen LogP contribution >= 0.6 is 0 Å². The van der Waals surface area contributed by atoms with E-state index in [1.807, 2.05) is 0 Å². The fraction of sp³-hybridized carbons (Fsp3) is 1.00. The molecule has 0 N–H and O–H groups in total. The molecule has 0 fully saturated rings. The molecule has 0 aromatic rings. The number of hydrogen-bond acceptors (Lipinski definition) is 0. The zero-order chi connectivity index (χ0) is 10.5. The third-order valence-electron chi connectivity index (χ3n) is 2.03. The van der Waals surface area contributed by atoms with Crippen molar-refractivity contribution >= 4 is 0 Å². The molecular weight excluding hydrogens is 165 g/mol. The van der Waals surface area contributed by atoms with Crippen molar-refractivity contribution in [1.29, 1.82) is 0 Å². The predicted molar refractivity (Wildman–Crippen MR) is 61.3 cm³/mol. The molecule has 0 saturated carbocycles. The maximum absolute atomic E-state index is 4.81. The molecule has 1 nitrogen and oxygen atoms in total. The van der Waals surface area contributed by atoms with Crippen LogP contribution in [0.5, 0.6) is 0 Å². The van der Waals surface area contributed by atoms with E-state index >= 15 is 0 Å². The summed E-state index contributed by atoms with van der Waals surface area (Å²) >= 11 is 0. The van der Waals surface area contributed by atoms with E-state index < -0.39 is 0 Å². The molecule has 2 heteroatoms. The molecule has 0 aromatic heterocycles.